The van der Waals surface area contributed by atoms with Crippen LogP contribution in [0.5, 0.6) is 0 Å². The molecule has 0 bridgehead atoms. The third-order valence-corrected chi connectivity index (χ3v) is 10.1. The van der Waals surface area contributed by atoms with Gasteiger partial charge in [0.05, 0.1) is 19.8 Å². The van der Waals surface area contributed by atoms with E-state index in [0.717, 1.165) is 64.2 Å². The Balaban J connectivity index is 2.28. The number of rotatable bonds is 38. The number of ether oxygens (including phenoxy) is 4. The first-order valence-corrected chi connectivity index (χ1v) is 23.0. The molecule has 334 valence electrons. The second kappa shape index (κ2) is 40.1. The van der Waals surface area contributed by atoms with Crippen LogP contribution in [0.15, 0.2) is 72.9 Å². The van der Waals surface area contributed by atoms with Crippen LogP contribution >= 0.6 is 0 Å². The van der Waals surface area contributed by atoms with E-state index in [2.05, 4.69) is 86.8 Å². The Hall–Kier alpha value is -2.37. The van der Waals surface area contributed by atoms with Crippen LogP contribution in [-0.2, 0) is 23.7 Å². The Morgan fingerprint density at radius 2 is 1.05 bits per heavy atom. The molecular weight excluding hydrogens is 733 g/mol. The summed E-state index contributed by atoms with van der Waals surface area (Å²) >= 11 is 0. The average molecular weight is 817 g/mol. The van der Waals surface area contributed by atoms with Gasteiger partial charge in [-0.05, 0) is 77.0 Å². The number of aliphatic hydroxyl groups is 4. The molecule has 1 aliphatic heterocycles. The molecule has 0 amide bonds. The Labute approximate surface area is 353 Å². The fourth-order valence-electron chi connectivity index (χ4n) is 6.53. The third kappa shape index (κ3) is 30.6. The summed E-state index contributed by atoms with van der Waals surface area (Å²) in [5.74, 6) is -0.339. The number of hydrogen-bond donors (Lipinski definition) is 4. The van der Waals surface area contributed by atoms with Gasteiger partial charge in [-0.1, -0.05) is 157 Å². The van der Waals surface area contributed by atoms with Crippen molar-refractivity contribution < 1.29 is 44.2 Å². The highest BCUT2D eigenvalue weighted by Crippen LogP contribution is 2.22. The molecule has 1 rings (SSSR count). The molecule has 0 aromatic carbocycles. The molecule has 1 fully saturated rings. The summed E-state index contributed by atoms with van der Waals surface area (Å²) in [6, 6.07) is 0. The standard InChI is InChI=1S/C49H84O9/c1-3-5-7-9-11-13-15-17-19-20-21-22-23-24-25-26-28-30-32-34-36-38-45(51)57-43(42-56-49-48(54)47(53)46(52)44(40-50)58-49)41-55-39-37-35-33-31-29-27-18-16-14-12-10-8-6-4-2/h6,8,12,14-15,17-18,20-21,27,31,33,43-44,46-50,52-54H,3-5,7,9-11,13,16,19,22-26,28-30,32,34-42H2,1-2H3/b8-6-,14-12-,17-15-,21-20-,27-18-,33-31-. The van der Waals surface area contributed by atoms with Crippen molar-refractivity contribution in [1.82, 2.24) is 0 Å². The molecule has 0 radical (unpaired) electrons. The molecule has 9 heteroatoms. The van der Waals surface area contributed by atoms with Crippen molar-refractivity contribution >= 4 is 5.97 Å². The second-order valence-corrected chi connectivity index (χ2v) is 15.5. The van der Waals surface area contributed by atoms with Gasteiger partial charge in [-0.25, -0.2) is 0 Å². The molecule has 58 heavy (non-hydrogen) atoms. The van der Waals surface area contributed by atoms with Gasteiger partial charge in [0.1, 0.15) is 30.5 Å². The Bertz CT molecular complexity index is 1110. The minimum atomic E-state index is -1.55. The molecule has 0 aromatic rings. The van der Waals surface area contributed by atoms with Crippen LogP contribution in [-0.4, -0.2) is 89.6 Å². The fraction of sp³-hybridized carbons (Fsp3) is 0.735. The zero-order valence-electron chi connectivity index (χ0n) is 36.5. The highest BCUT2D eigenvalue weighted by Gasteiger charge is 2.44. The van der Waals surface area contributed by atoms with Crippen LogP contribution in [0.3, 0.4) is 0 Å². The van der Waals surface area contributed by atoms with Gasteiger partial charge in [-0.15, -0.1) is 0 Å². The summed E-state index contributed by atoms with van der Waals surface area (Å²) < 4.78 is 22.7. The molecule has 1 heterocycles. The van der Waals surface area contributed by atoms with Crippen molar-refractivity contribution in [3.8, 4) is 0 Å². The molecule has 4 N–H and O–H groups in total. The molecule has 0 spiro atoms. The summed E-state index contributed by atoms with van der Waals surface area (Å²) in [4.78, 5) is 12.8. The number of aliphatic hydroxyl groups excluding tert-OH is 4. The van der Waals surface area contributed by atoms with Gasteiger partial charge in [0.15, 0.2) is 6.29 Å². The summed E-state index contributed by atoms with van der Waals surface area (Å²) in [6.45, 7) is 4.27. The Morgan fingerprint density at radius 3 is 1.59 bits per heavy atom. The van der Waals surface area contributed by atoms with E-state index < -0.39 is 43.4 Å². The van der Waals surface area contributed by atoms with Gasteiger partial charge >= 0.3 is 5.97 Å². The Kier molecular flexibility index (Phi) is 37.1. The van der Waals surface area contributed by atoms with Crippen molar-refractivity contribution in [2.75, 3.05) is 26.4 Å². The zero-order valence-corrected chi connectivity index (χ0v) is 36.5. The number of allylic oxidation sites excluding steroid dienone is 12. The molecule has 0 saturated carbocycles. The lowest BCUT2D eigenvalue weighted by molar-refractivity contribution is -0.305. The fourth-order valence-corrected chi connectivity index (χ4v) is 6.53. The molecule has 1 saturated heterocycles. The maximum Gasteiger partial charge on any atom is 0.306 e. The maximum atomic E-state index is 12.8. The number of unbranched alkanes of at least 4 members (excludes halogenated alkanes) is 15. The first kappa shape index (κ1) is 53.6. The molecule has 6 unspecified atom stereocenters. The van der Waals surface area contributed by atoms with Crippen LogP contribution in [0, 0.1) is 0 Å². The van der Waals surface area contributed by atoms with E-state index in [4.69, 9.17) is 18.9 Å². The Morgan fingerprint density at radius 1 is 0.569 bits per heavy atom. The second-order valence-electron chi connectivity index (χ2n) is 15.5. The lowest BCUT2D eigenvalue weighted by Gasteiger charge is -2.39. The van der Waals surface area contributed by atoms with E-state index in [1.54, 1.807) is 0 Å². The van der Waals surface area contributed by atoms with Gasteiger partial charge in [0, 0.05) is 13.0 Å². The SMILES string of the molecule is CC/C=C\C/C=C\C/C=C\C/C=C\CCCOCC(COC1OC(CO)C(O)C(O)C1O)OC(=O)CCCCCCCCCCC/C=C\C/C=C\CCCCCCC. The smallest absolute Gasteiger partial charge is 0.306 e. The largest absolute Gasteiger partial charge is 0.457 e. The first-order chi connectivity index (χ1) is 28.4. The predicted octanol–water partition coefficient (Wildman–Crippen LogP) is 10.5. The molecule has 0 aliphatic carbocycles. The lowest BCUT2D eigenvalue weighted by Crippen LogP contribution is -2.59. The van der Waals surface area contributed by atoms with Crippen LogP contribution < -0.4 is 0 Å². The highest BCUT2D eigenvalue weighted by atomic mass is 16.7. The average Bonchev–Trinajstić information content (AvgIpc) is 3.22. The van der Waals surface area contributed by atoms with E-state index >= 15 is 0 Å². The van der Waals surface area contributed by atoms with Gasteiger partial charge in [-0.3, -0.25) is 4.79 Å². The summed E-state index contributed by atoms with van der Waals surface area (Å²) in [6.07, 6.45) is 45.1. The van der Waals surface area contributed by atoms with Crippen molar-refractivity contribution in [2.45, 2.75) is 205 Å². The predicted molar refractivity (Wildman–Crippen MR) is 237 cm³/mol. The van der Waals surface area contributed by atoms with Crippen molar-refractivity contribution in [3.63, 3.8) is 0 Å². The topological polar surface area (TPSA) is 135 Å². The minimum absolute atomic E-state index is 0.101. The third-order valence-electron chi connectivity index (χ3n) is 10.1. The van der Waals surface area contributed by atoms with Crippen molar-refractivity contribution in [2.24, 2.45) is 0 Å². The number of carbonyl (C=O) groups excluding carboxylic acids is 1. The molecular formula is C49H84O9. The zero-order chi connectivity index (χ0) is 42.2. The van der Waals surface area contributed by atoms with Crippen LogP contribution in [0.4, 0.5) is 0 Å². The van der Waals surface area contributed by atoms with E-state index in [1.165, 1.54) is 83.5 Å². The maximum absolute atomic E-state index is 12.8. The summed E-state index contributed by atoms with van der Waals surface area (Å²) in [5.41, 5.74) is 0. The molecule has 9 nitrogen and oxygen atoms in total. The summed E-state index contributed by atoms with van der Waals surface area (Å²) in [7, 11) is 0. The lowest BCUT2D eigenvalue weighted by atomic mass is 9.99. The van der Waals surface area contributed by atoms with Gasteiger partial charge in [0.2, 0.25) is 0 Å². The van der Waals surface area contributed by atoms with Crippen molar-refractivity contribution in [3.05, 3.63) is 72.9 Å². The number of carbonyl (C=O) groups is 1. The number of hydrogen-bond acceptors (Lipinski definition) is 9. The summed E-state index contributed by atoms with van der Waals surface area (Å²) in [5, 5.41) is 40.1. The van der Waals surface area contributed by atoms with Gasteiger partial charge in [0.25, 0.3) is 0 Å². The first-order valence-electron chi connectivity index (χ1n) is 23.0. The number of esters is 1. The molecule has 0 aromatic heterocycles. The quantitative estimate of drug-likeness (QED) is 0.0273. The minimum Gasteiger partial charge on any atom is -0.457 e. The van der Waals surface area contributed by atoms with Crippen LogP contribution in [0.1, 0.15) is 168 Å². The molecule has 1 aliphatic rings. The van der Waals surface area contributed by atoms with Gasteiger partial charge in [-0.2, -0.15) is 0 Å². The van der Waals surface area contributed by atoms with Crippen LogP contribution in [0.2, 0.25) is 0 Å². The molecule has 6 atom stereocenters. The van der Waals surface area contributed by atoms with E-state index in [1.807, 2.05) is 0 Å². The van der Waals surface area contributed by atoms with Gasteiger partial charge < -0.3 is 39.4 Å². The monoisotopic (exact) mass is 817 g/mol. The van der Waals surface area contributed by atoms with Crippen LogP contribution in [0.25, 0.3) is 0 Å². The normalized spacial score (nSPS) is 21.0. The van der Waals surface area contributed by atoms with Crippen molar-refractivity contribution in [1.29, 1.82) is 0 Å². The highest BCUT2D eigenvalue weighted by molar-refractivity contribution is 5.69. The van der Waals surface area contributed by atoms with E-state index in [9.17, 15) is 25.2 Å². The van der Waals surface area contributed by atoms with E-state index in [0.29, 0.717) is 13.0 Å². The van der Waals surface area contributed by atoms with E-state index in [-0.39, 0.29) is 19.2 Å².